The van der Waals surface area contributed by atoms with Gasteiger partial charge in [-0.15, -0.1) is 0 Å². The van der Waals surface area contributed by atoms with Crippen LogP contribution in [0.15, 0.2) is 59.6 Å². The Bertz CT molecular complexity index is 1010. The van der Waals surface area contributed by atoms with Crippen LogP contribution in [-0.4, -0.2) is 13.4 Å². The van der Waals surface area contributed by atoms with Gasteiger partial charge in [-0.05, 0) is 42.8 Å². The molecule has 1 heterocycles. The summed E-state index contributed by atoms with van der Waals surface area (Å²) in [5, 5.41) is 9.26. The third kappa shape index (κ3) is 3.37. The smallest absolute Gasteiger partial charge is 0.238 e. The van der Waals surface area contributed by atoms with Gasteiger partial charge in [0.1, 0.15) is 5.82 Å². The average Bonchev–Trinajstić information content (AvgIpc) is 2.54. The lowest BCUT2D eigenvalue weighted by Crippen LogP contribution is -2.13. The van der Waals surface area contributed by atoms with Crippen molar-refractivity contribution in [1.29, 1.82) is 0 Å². The molecule has 5 nitrogen and oxygen atoms in total. The largest absolute Gasteiger partial charge is 0.378 e. The number of benzene rings is 2. The van der Waals surface area contributed by atoms with Crippen molar-refractivity contribution in [3.63, 3.8) is 0 Å². The topological polar surface area (TPSA) is 85.1 Å². The van der Waals surface area contributed by atoms with E-state index in [1.54, 1.807) is 24.4 Å². The summed E-state index contributed by atoms with van der Waals surface area (Å²) in [5.41, 5.74) is 2.10. The molecule has 3 aromatic rings. The van der Waals surface area contributed by atoms with Gasteiger partial charge < -0.3 is 5.32 Å². The van der Waals surface area contributed by atoms with Crippen LogP contribution in [0.1, 0.15) is 18.5 Å². The monoisotopic (exact) mass is 345 g/mol. The lowest BCUT2D eigenvalue weighted by molar-refractivity contribution is 0.597. The van der Waals surface area contributed by atoms with Crippen LogP contribution in [0.25, 0.3) is 10.9 Å². The zero-order valence-electron chi connectivity index (χ0n) is 12.9. The summed E-state index contributed by atoms with van der Waals surface area (Å²) in [6, 6.07) is 12.5. The second-order valence-corrected chi connectivity index (χ2v) is 7.06. The van der Waals surface area contributed by atoms with Crippen LogP contribution >= 0.6 is 0 Å². The molecule has 124 valence electrons. The Labute approximate surface area is 139 Å². The van der Waals surface area contributed by atoms with Gasteiger partial charge >= 0.3 is 0 Å². The number of rotatable bonds is 4. The molecule has 0 aliphatic heterocycles. The van der Waals surface area contributed by atoms with Crippen molar-refractivity contribution < 1.29 is 12.8 Å². The number of sulfonamides is 1. The quantitative estimate of drug-likeness (QED) is 0.760. The number of nitrogens with one attached hydrogen (secondary N) is 1. The van der Waals surface area contributed by atoms with Gasteiger partial charge in [-0.3, -0.25) is 4.98 Å². The van der Waals surface area contributed by atoms with Crippen molar-refractivity contribution in [3.05, 3.63) is 66.1 Å². The Hall–Kier alpha value is -2.51. The van der Waals surface area contributed by atoms with Crippen LogP contribution in [0.2, 0.25) is 0 Å². The molecular formula is C17H16FN3O2S. The maximum absolute atomic E-state index is 13.3. The number of primary sulfonamides is 1. The highest BCUT2D eigenvalue weighted by Crippen LogP contribution is 2.27. The third-order valence-electron chi connectivity index (χ3n) is 3.76. The van der Waals surface area contributed by atoms with Gasteiger partial charge in [-0.1, -0.05) is 12.1 Å². The summed E-state index contributed by atoms with van der Waals surface area (Å²) < 4.78 is 36.3. The van der Waals surface area contributed by atoms with E-state index in [-0.39, 0.29) is 16.8 Å². The van der Waals surface area contributed by atoms with Crippen LogP contribution in [0, 0.1) is 5.82 Å². The van der Waals surface area contributed by atoms with E-state index in [1.165, 1.54) is 24.3 Å². The van der Waals surface area contributed by atoms with E-state index in [1.807, 2.05) is 13.0 Å². The summed E-state index contributed by atoms with van der Waals surface area (Å²) in [5.74, 6) is -0.346. The number of hydrogen-bond donors (Lipinski definition) is 2. The number of nitrogens with two attached hydrogens (primary N) is 1. The van der Waals surface area contributed by atoms with Crippen LogP contribution in [0.5, 0.6) is 0 Å². The van der Waals surface area contributed by atoms with Gasteiger partial charge in [0.2, 0.25) is 10.0 Å². The van der Waals surface area contributed by atoms with Crippen LogP contribution < -0.4 is 10.5 Å². The zero-order chi connectivity index (χ0) is 17.3. The van der Waals surface area contributed by atoms with Gasteiger partial charge in [0, 0.05) is 29.4 Å². The highest BCUT2D eigenvalue weighted by Gasteiger charge is 2.13. The number of anilines is 1. The molecule has 0 bridgehead atoms. The number of hydrogen-bond acceptors (Lipinski definition) is 4. The summed E-state index contributed by atoms with van der Waals surface area (Å²) in [4.78, 5) is 4.22. The predicted octanol–water partition coefficient (Wildman–Crippen LogP) is 3.19. The maximum Gasteiger partial charge on any atom is 0.238 e. The van der Waals surface area contributed by atoms with E-state index in [0.29, 0.717) is 5.52 Å². The molecule has 0 aliphatic rings. The number of pyridine rings is 1. The van der Waals surface area contributed by atoms with Crippen LogP contribution in [-0.2, 0) is 10.0 Å². The molecular weight excluding hydrogens is 329 g/mol. The van der Waals surface area contributed by atoms with E-state index < -0.39 is 10.0 Å². The fourth-order valence-corrected chi connectivity index (χ4v) is 3.09. The minimum absolute atomic E-state index is 0.0651. The molecule has 1 unspecified atom stereocenters. The molecule has 0 radical (unpaired) electrons. The molecule has 7 heteroatoms. The van der Waals surface area contributed by atoms with Crippen molar-refractivity contribution >= 4 is 26.6 Å². The van der Waals surface area contributed by atoms with Gasteiger partial charge in [0.15, 0.2) is 0 Å². The molecule has 0 amide bonds. The Morgan fingerprint density at radius 2 is 1.96 bits per heavy atom. The maximum atomic E-state index is 13.3. The zero-order valence-corrected chi connectivity index (χ0v) is 13.7. The van der Waals surface area contributed by atoms with E-state index in [4.69, 9.17) is 5.14 Å². The first-order chi connectivity index (χ1) is 11.3. The van der Waals surface area contributed by atoms with Crippen molar-refractivity contribution in [1.82, 2.24) is 4.98 Å². The van der Waals surface area contributed by atoms with Crippen molar-refractivity contribution in [2.45, 2.75) is 17.9 Å². The normalized spacial score (nSPS) is 13.0. The van der Waals surface area contributed by atoms with E-state index in [0.717, 1.165) is 16.6 Å². The molecule has 3 rings (SSSR count). The second kappa shape index (κ2) is 6.18. The molecule has 3 N–H and O–H groups in total. The standard InChI is InChI=1S/C17H16FN3O2S/c1-11(12-3-2-4-14(9-12)24(19,22)23)21-16-7-8-20-17-10-13(18)5-6-15(16)17/h2-11H,1H3,(H,20,21)(H2,19,22,23). The van der Waals surface area contributed by atoms with Gasteiger partial charge in [0.25, 0.3) is 0 Å². The first-order valence-electron chi connectivity index (χ1n) is 7.28. The van der Waals surface area contributed by atoms with Crippen molar-refractivity contribution in [3.8, 4) is 0 Å². The minimum atomic E-state index is -3.75. The van der Waals surface area contributed by atoms with Gasteiger partial charge in [-0.25, -0.2) is 17.9 Å². The average molecular weight is 345 g/mol. The van der Waals surface area contributed by atoms with Crippen LogP contribution in [0.4, 0.5) is 10.1 Å². The van der Waals surface area contributed by atoms with E-state index >= 15 is 0 Å². The fourth-order valence-electron chi connectivity index (χ4n) is 2.52. The molecule has 2 aromatic carbocycles. The second-order valence-electron chi connectivity index (χ2n) is 5.50. The Morgan fingerprint density at radius 1 is 1.17 bits per heavy atom. The SMILES string of the molecule is CC(Nc1ccnc2cc(F)ccc12)c1cccc(S(N)(=O)=O)c1. The number of fused-ring (bicyclic) bond motifs is 1. The molecule has 24 heavy (non-hydrogen) atoms. The van der Waals surface area contributed by atoms with E-state index in [9.17, 15) is 12.8 Å². The lowest BCUT2D eigenvalue weighted by Gasteiger charge is -2.17. The van der Waals surface area contributed by atoms with Crippen molar-refractivity contribution in [2.24, 2.45) is 5.14 Å². The summed E-state index contributed by atoms with van der Waals surface area (Å²) in [6.45, 7) is 1.90. The molecule has 1 aromatic heterocycles. The first-order valence-corrected chi connectivity index (χ1v) is 8.83. The summed E-state index contributed by atoms with van der Waals surface area (Å²) >= 11 is 0. The van der Waals surface area contributed by atoms with E-state index in [2.05, 4.69) is 10.3 Å². The molecule has 0 aliphatic carbocycles. The molecule has 1 atom stereocenters. The number of nitrogens with zero attached hydrogens (tertiary/aromatic N) is 1. The summed E-state index contributed by atoms with van der Waals surface area (Å²) in [6.07, 6.45) is 1.59. The predicted molar refractivity (Wildman–Crippen MR) is 91.6 cm³/mol. The highest BCUT2D eigenvalue weighted by atomic mass is 32.2. The Morgan fingerprint density at radius 3 is 2.71 bits per heavy atom. The minimum Gasteiger partial charge on any atom is -0.378 e. The Balaban J connectivity index is 1.94. The van der Waals surface area contributed by atoms with Gasteiger partial charge in [-0.2, -0.15) is 0 Å². The molecule has 0 spiro atoms. The lowest BCUT2D eigenvalue weighted by atomic mass is 10.1. The van der Waals surface area contributed by atoms with Gasteiger partial charge in [0.05, 0.1) is 10.4 Å². The Kier molecular flexibility index (Phi) is 4.21. The number of halogens is 1. The molecule has 0 saturated heterocycles. The molecule has 0 saturated carbocycles. The third-order valence-corrected chi connectivity index (χ3v) is 4.67. The van der Waals surface area contributed by atoms with Crippen LogP contribution in [0.3, 0.4) is 0 Å². The first kappa shape index (κ1) is 16.4. The summed E-state index contributed by atoms with van der Waals surface area (Å²) in [7, 11) is -3.75. The van der Waals surface area contributed by atoms with Crippen molar-refractivity contribution in [2.75, 3.05) is 5.32 Å². The number of aromatic nitrogens is 1. The highest BCUT2D eigenvalue weighted by molar-refractivity contribution is 7.89. The molecule has 0 fully saturated rings. The fraction of sp³-hybridized carbons (Fsp3) is 0.118.